The van der Waals surface area contributed by atoms with Gasteiger partial charge in [0.05, 0.1) is 6.42 Å². The second-order valence-corrected chi connectivity index (χ2v) is 1.85. The van der Waals surface area contributed by atoms with Gasteiger partial charge in [-0.2, -0.15) is 0 Å². The maximum atomic E-state index is 10.5. The Morgan fingerprint density at radius 3 is 2.50 bits per heavy atom. The van der Waals surface area contributed by atoms with Gasteiger partial charge in [-0.25, -0.2) is 0 Å². The number of aliphatic carboxylic acids is 1. The van der Waals surface area contributed by atoms with E-state index in [1.165, 1.54) is 0 Å². The predicted molar refractivity (Wildman–Crippen MR) is 35.6 cm³/mol. The van der Waals surface area contributed by atoms with Crippen LogP contribution < -0.4 is 5.32 Å². The van der Waals surface area contributed by atoms with E-state index in [9.17, 15) is 9.59 Å². The monoisotopic (exact) mass is 145 g/mol. The molecule has 4 nitrogen and oxygen atoms in total. The summed E-state index contributed by atoms with van der Waals surface area (Å²) in [4.78, 5) is 20.4. The van der Waals surface area contributed by atoms with Crippen molar-refractivity contribution in [3.63, 3.8) is 0 Å². The number of hydrogen-bond acceptors (Lipinski definition) is 2. The molecule has 10 heavy (non-hydrogen) atoms. The Balaban J connectivity index is 3.20. The molecule has 0 atom stereocenters. The van der Waals surface area contributed by atoms with Crippen LogP contribution in [0.25, 0.3) is 0 Å². The average molecular weight is 145 g/mol. The van der Waals surface area contributed by atoms with E-state index in [1.54, 1.807) is 6.92 Å². The number of nitrogens with one attached hydrogen (secondary N) is 1. The molecule has 0 aliphatic carbocycles. The summed E-state index contributed by atoms with van der Waals surface area (Å²) >= 11 is 0. The minimum atomic E-state index is -0.892. The number of carbonyl (C=O) groups is 2. The van der Waals surface area contributed by atoms with E-state index < -0.39 is 5.97 Å². The second kappa shape index (κ2) is 4.78. The van der Waals surface area contributed by atoms with Gasteiger partial charge < -0.3 is 10.4 Å². The van der Waals surface area contributed by atoms with Crippen LogP contribution in [0.3, 0.4) is 0 Å². The van der Waals surface area contributed by atoms with Crippen molar-refractivity contribution in [3.8, 4) is 0 Å². The van der Waals surface area contributed by atoms with Gasteiger partial charge in [0.2, 0.25) is 5.91 Å². The summed E-state index contributed by atoms with van der Waals surface area (Å²) in [7, 11) is 0. The van der Waals surface area contributed by atoms with Crippen molar-refractivity contribution in [3.05, 3.63) is 0 Å². The Kier molecular flexibility index (Phi) is 4.28. The summed E-state index contributed by atoms with van der Waals surface area (Å²) in [5.41, 5.74) is 0. The van der Waals surface area contributed by atoms with E-state index in [-0.39, 0.29) is 18.9 Å². The highest BCUT2D eigenvalue weighted by Crippen LogP contribution is 1.78. The first-order chi connectivity index (χ1) is 4.66. The van der Waals surface area contributed by atoms with Crippen molar-refractivity contribution < 1.29 is 14.7 Å². The summed E-state index contributed by atoms with van der Waals surface area (Å²) in [5.74, 6) is -1.00. The summed E-state index contributed by atoms with van der Waals surface area (Å²) in [6, 6.07) is 0. The largest absolute Gasteiger partial charge is 0.481 e. The highest BCUT2D eigenvalue weighted by Gasteiger charge is 1.98. The van der Waals surface area contributed by atoms with E-state index in [4.69, 9.17) is 5.11 Å². The zero-order chi connectivity index (χ0) is 7.98. The van der Waals surface area contributed by atoms with Crippen LogP contribution in [0.1, 0.15) is 19.8 Å². The summed E-state index contributed by atoms with van der Waals surface area (Å²) < 4.78 is 0. The molecule has 0 aliphatic rings. The molecule has 0 saturated carbocycles. The van der Waals surface area contributed by atoms with Crippen LogP contribution in [0, 0.1) is 0 Å². The molecule has 0 rings (SSSR count). The molecule has 0 heterocycles. The van der Waals surface area contributed by atoms with Gasteiger partial charge in [0, 0.05) is 13.0 Å². The van der Waals surface area contributed by atoms with Gasteiger partial charge in [-0.15, -0.1) is 0 Å². The number of carbonyl (C=O) groups excluding carboxylic acids is 1. The van der Waals surface area contributed by atoms with Crippen LogP contribution in [-0.2, 0) is 9.59 Å². The molecule has 0 aromatic rings. The zero-order valence-corrected chi connectivity index (χ0v) is 5.89. The highest BCUT2D eigenvalue weighted by atomic mass is 16.4. The van der Waals surface area contributed by atoms with Crippen molar-refractivity contribution in [2.24, 2.45) is 0 Å². The quantitative estimate of drug-likeness (QED) is 0.584. The Hall–Kier alpha value is -1.06. The first kappa shape index (κ1) is 8.94. The van der Waals surface area contributed by atoms with Crippen LogP contribution in [0.2, 0.25) is 0 Å². The first-order valence-corrected chi connectivity index (χ1v) is 3.15. The molecular weight excluding hydrogens is 134 g/mol. The minimum Gasteiger partial charge on any atom is -0.481 e. The van der Waals surface area contributed by atoms with Gasteiger partial charge >= 0.3 is 5.97 Å². The molecule has 0 unspecified atom stereocenters. The number of carboxylic acids is 1. The lowest BCUT2D eigenvalue weighted by molar-refractivity contribution is -0.136. The normalized spacial score (nSPS) is 8.90. The molecule has 0 aromatic carbocycles. The molecule has 4 heteroatoms. The Labute approximate surface area is 59.2 Å². The van der Waals surface area contributed by atoms with Gasteiger partial charge in [0.15, 0.2) is 0 Å². The maximum absolute atomic E-state index is 10.5. The molecule has 0 aliphatic heterocycles. The molecule has 58 valence electrons. The topological polar surface area (TPSA) is 66.4 Å². The lowest BCUT2D eigenvalue weighted by Gasteiger charge is -1.98. The van der Waals surface area contributed by atoms with Crippen molar-refractivity contribution in [1.29, 1.82) is 0 Å². The van der Waals surface area contributed by atoms with Crippen molar-refractivity contribution in [2.75, 3.05) is 6.54 Å². The second-order valence-electron chi connectivity index (χ2n) is 1.85. The van der Waals surface area contributed by atoms with E-state index in [0.717, 1.165) is 0 Å². The standard InChI is InChI=1S/C6H11NO3/c1-2-5(8)7-4-3-6(9)10/h2-4H2,1H3,(H,7,8)(H,9,10). The molecule has 0 bridgehead atoms. The third-order valence-corrected chi connectivity index (χ3v) is 0.982. The van der Waals surface area contributed by atoms with Gasteiger partial charge in [-0.05, 0) is 0 Å². The number of rotatable bonds is 4. The third kappa shape index (κ3) is 5.08. The Morgan fingerprint density at radius 2 is 2.10 bits per heavy atom. The van der Waals surface area contributed by atoms with Crippen LogP contribution in [0.5, 0.6) is 0 Å². The number of hydrogen-bond donors (Lipinski definition) is 2. The number of amides is 1. The average Bonchev–Trinajstić information content (AvgIpc) is 1.87. The third-order valence-electron chi connectivity index (χ3n) is 0.982. The molecule has 0 saturated heterocycles. The van der Waals surface area contributed by atoms with Crippen LogP contribution in [0.4, 0.5) is 0 Å². The summed E-state index contributed by atoms with van der Waals surface area (Å²) in [5, 5.41) is 10.6. The van der Waals surface area contributed by atoms with Gasteiger partial charge in [0.1, 0.15) is 0 Å². The molecule has 0 spiro atoms. The summed E-state index contributed by atoms with van der Waals surface area (Å²) in [6.45, 7) is 1.94. The zero-order valence-electron chi connectivity index (χ0n) is 5.89. The predicted octanol–water partition coefficient (Wildman–Crippen LogP) is -0.0127. The summed E-state index contributed by atoms with van der Waals surface area (Å²) in [6.07, 6.45) is 0.394. The van der Waals surface area contributed by atoms with Crippen molar-refractivity contribution >= 4 is 11.9 Å². The highest BCUT2D eigenvalue weighted by molar-refractivity contribution is 5.76. The van der Waals surface area contributed by atoms with Crippen molar-refractivity contribution in [1.82, 2.24) is 5.32 Å². The first-order valence-electron chi connectivity index (χ1n) is 3.15. The fraction of sp³-hybridized carbons (Fsp3) is 0.667. The molecule has 1 amide bonds. The van der Waals surface area contributed by atoms with Crippen LogP contribution in [-0.4, -0.2) is 23.5 Å². The smallest absolute Gasteiger partial charge is 0.305 e. The van der Waals surface area contributed by atoms with Crippen LogP contribution >= 0.6 is 0 Å². The van der Waals surface area contributed by atoms with Crippen molar-refractivity contribution in [2.45, 2.75) is 19.8 Å². The fourth-order valence-corrected chi connectivity index (χ4v) is 0.434. The molecule has 0 fully saturated rings. The lowest BCUT2D eigenvalue weighted by Crippen LogP contribution is -2.24. The molecule has 2 N–H and O–H groups in total. The lowest BCUT2D eigenvalue weighted by atomic mass is 10.4. The van der Waals surface area contributed by atoms with Gasteiger partial charge in [0.25, 0.3) is 0 Å². The van der Waals surface area contributed by atoms with Gasteiger partial charge in [-0.3, -0.25) is 9.59 Å². The molecular formula is C6H11NO3. The Bertz CT molecular complexity index is 133. The van der Waals surface area contributed by atoms with E-state index >= 15 is 0 Å². The van der Waals surface area contributed by atoms with E-state index in [1.807, 2.05) is 0 Å². The van der Waals surface area contributed by atoms with E-state index in [0.29, 0.717) is 6.42 Å². The van der Waals surface area contributed by atoms with Crippen LogP contribution in [0.15, 0.2) is 0 Å². The Morgan fingerprint density at radius 1 is 1.50 bits per heavy atom. The molecule has 0 radical (unpaired) electrons. The molecule has 0 aromatic heterocycles. The minimum absolute atomic E-state index is 0.00819. The number of carboxylic acid groups (broad SMARTS) is 1. The SMILES string of the molecule is CCC(=O)NCCC(=O)O. The van der Waals surface area contributed by atoms with Gasteiger partial charge in [-0.1, -0.05) is 6.92 Å². The van der Waals surface area contributed by atoms with E-state index in [2.05, 4.69) is 5.32 Å². The maximum Gasteiger partial charge on any atom is 0.305 e. The fourth-order valence-electron chi connectivity index (χ4n) is 0.434.